The summed E-state index contributed by atoms with van der Waals surface area (Å²) in [5.41, 5.74) is 2.62. The van der Waals surface area contributed by atoms with E-state index in [0.29, 0.717) is 17.7 Å². The van der Waals surface area contributed by atoms with Crippen LogP contribution in [0.2, 0.25) is 0 Å². The maximum atomic E-state index is 12.1. The Morgan fingerprint density at radius 3 is 2.78 bits per heavy atom. The van der Waals surface area contributed by atoms with Crippen LogP contribution in [0.3, 0.4) is 0 Å². The average molecular weight is 374 g/mol. The highest BCUT2D eigenvalue weighted by molar-refractivity contribution is 9.10. The summed E-state index contributed by atoms with van der Waals surface area (Å²) in [5, 5.41) is 11.9. The lowest BCUT2D eigenvalue weighted by atomic mass is 9.99. The number of carbonyl (C=O) groups is 1. The van der Waals surface area contributed by atoms with Crippen molar-refractivity contribution in [2.24, 2.45) is 0 Å². The maximum Gasteiger partial charge on any atom is 0.266 e. The van der Waals surface area contributed by atoms with Crippen molar-refractivity contribution < 1.29 is 4.79 Å². The van der Waals surface area contributed by atoms with Gasteiger partial charge in [-0.1, -0.05) is 22.0 Å². The number of aromatic nitrogens is 1. The van der Waals surface area contributed by atoms with Crippen LogP contribution in [0, 0.1) is 25.2 Å². The van der Waals surface area contributed by atoms with Crippen LogP contribution in [0.4, 0.5) is 5.69 Å². The zero-order valence-electron chi connectivity index (χ0n) is 12.9. The van der Waals surface area contributed by atoms with Crippen LogP contribution >= 0.6 is 15.9 Å². The molecule has 2 rings (SSSR count). The molecule has 6 heteroatoms. The molecule has 118 valence electrons. The smallest absolute Gasteiger partial charge is 0.266 e. The standard InChI is InChI=1S/C17H16BrN3O2/c1-10-14(11(2)20-17(23)15(10)9-19)6-7-16(22)21-13-5-3-4-12(18)8-13/h3-5,8H,6-7H2,1-2H3,(H,20,23)(H,21,22). The molecular formula is C17H16BrN3O2. The Balaban J connectivity index is 2.11. The Morgan fingerprint density at radius 2 is 2.13 bits per heavy atom. The first-order valence-corrected chi connectivity index (χ1v) is 7.89. The summed E-state index contributed by atoms with van der Waals surface area (Å²) in [6, 6.07) is 9.27. The Hall–Kier alpha value is -2.39. The summed E-state index contributed by atoms with van der Waals surface area (Å²) in [6.45, 7) is 3.51. The Kier molecular flexibility index (Phi) is 5.35. The second kappa shape index (κ2) is 7.25. The number of carbonyl (C=O) groups excluding carboxylic acids is 1. The Morgan fingerprint density at radius 1 is 1.39 bits per heavy atom. The fraction of sp³-hybridized carbons (Fsp3) is 0.235. The number of H-pyrrole nitrogens is 1. The molecule has 1 aromatic carbocycles. The van der Waals surface area contributed by atoms with Gasteiger partial charge in [-0.2, -0.15) is 5.26 Å². The van der Waals surface area contributed by atoms with E-state index in [1.165, 1.54) is 0 Å². The average Bonchev–Trinajstić information content (AvgIpc) is 2.47. The number of halogens is 1. The number of hydrogen-bond acceptors (Lipinski definition) is 3. The molecular weight excluding hydrogens is 358 g/mol. The number of nitrogens with zero attached hydrogens (tertiary/aromatic N) is 1. The second-order valence-electron chi connectivity index (χ2n) is 5.23. The van der Waals surface area contributed by atoms with Crippen molar-refractivity contribution >= 4 is 27.5 Å². The molecule has 1 amide bonds. The third kappa shape index (κ3) is 4.08. The van der Waals surface area contributed by atoms with Gasteiger partial charge in [0.25, 0.3) is 5.56 Å². The summed E-state index contributed by atoms with van der Waals surface area (Å²) in [7, 11) is 0. The van der Waals surface area contributed by atoms with Crippen molar-refractivity contribution in [3.8, 4) is 6.07 Å². The largest absolute Gasteiger partial charge is 0.326 e. The lowest BCUT2D eigenvalue weighted by Crippen LogP contribution is -2.18. The predicted molar refractivity (Wildman–Crippen MR) is 92.3 cm³/mol. The van der Waals surface area contributed by atoms with Crippen LogP contribution in [0.25, 0.3) is 0 Å². The SMILES string of the molecule is Cc1[nH]c(=O)c(C#N)c(C)c1CCC(=O)Nc1cccc(Br)c1. The molecule has 1 heterocycles. The summed E-state index contributed by atoms with van der Waals surface area (Å²) in [5.74, 6) is -0.119. The lowest BCUT2D eigenvalue weighted by Gasteiger charge is -2.11. The van der Waals surface area contributed by atoms with Crippen molar-refractivity contribution in [3.63, 3.8) is 0 Å². The minimum Gasteiger partial charge on any atom is -0.326 e. The number of benzene rings is 1. The van der Waals surface area contributed by atoms with Gasteiger partial charge in [-0.05, 0) is 49.6 Å². The number of nitrogens with one attached hydrogen (secondary N) is 2. The van der Waals surface area contributed by atoms with E-state index in [9.17, 15) is 9.59 Å². The van der Waals surface area contributed by atoms with Crippen molar-refractivity contribution in [1.29, 1.82) is 5.26 Å². The minimum absolute atomic E-state index is 0.109. The van der Waals surface area contributed by atoms with Crippen molar-refractivity contribution in [2.45, 2.75) is 26.7 Å². The predicted octanol–water partition coefficient (Wildman–Crippen LogP) is 3.20. The van der Waals surface area contributed by atoms with E-state index in [4.69, 9.17) is 5.26 Å². The normalized spacial score (nSPS) is 10.2. The van der Waals surface area contributed by atoms with Gasteiger partial charge in [0.05, 0.1) is 0 Å². The van der Waals surface area contributed by atoms with E-state index in [1.54, 1.807) is 13.8 Å². The molecule has 0 bridgehead atoms. The molecule has 2 aromatic rings. The fourth-order valence-corrected chi connectivity index (χ4v) is 2.85. The summed E-state index contributed by atoms with van der Waals surface area (Å²) >= 11 is 3.35. The lowest BCUT2D eigenvalue weighted by molar-refractivity contribution is -0.116. The first kappa shape index (κ1) is 17.0. The van der Waals surface area contributed by atoms with E-state index in [0.717, 1.165) is 15.7 Å². The Labute approximate surface area is 142 Å². The van der Waals surface area contributed by atoms with Crippen molar-refractivity contribution in [3.05, 3.63) is 61.5 Å². The molecule has 0 atom stereocenters. The quantitative estimate of drug-likeness (QED) is 0.862. The highest BCUT2D eigenvalue weighted by atomic mass is 79.9. The zero-order valence-corrected chi connectivity index (χ0v) is 14.5. The molecule has 0 unspecified atom stereocenters. The van der Waals surface area contributed by atoms with Crippen molar-refractivity contribution in [2.75, 3.05) is 5.32 Å². The number of amides is 1. The monoisotopic (exact) mass is 373 g/mol. The minimum atomic E-state index is -0.384. The number of pyridine rings is 1. The number of hydrogen-bond donors (Lipinski definition) is 2. The van der Waals surface area contributed by atoms with Crippen LogP contribution in [-0.4, -0.2) is 10.9 Å². The third-order valence-corrected chi connectivity index (χ3v) is 4.12. The Bertz CT molecular complexity index is 850. The molecule has 0 saturated carbocycles. The van der Waals surface area contributed by atoms with Crippen LogP contribution in [-0.2, 0) is 11.2 Å². The van der Waals surface area contributed by atoms with E-state index >= 15 is 0 Å². The third-order valence-electron chi connectivity index (χ3n) is 3.63. The molecule has 5 nitrogen and oxygen atoms in total. The van der Waals surface area contributed by atoms with Gasteiger partial charge in [0.1, 0.15) is 11.6 Å². The van der Waals surface area contributed by atoms with Gasteiger partial charge in [0.2, 0.25) is 5.91 Å². The fourth-order valence-electron chi connectivity index (χ4n) is 2.45. The first-order chi connectivity index (χ1) is 10.9. The molecule has 1 aromatic heterocycles. The molecule has 0 saturated heterocycles. The number of nitriles is 1. The van der Waals surface area contributed by atoms with Crippen LogP contribution in [0.5, 0.6) is 0 Å². The summed E-state index contributed by atoms with van der Waals surface area (Å²) in [6.07, 6.45) is 0.730. The second-order valence-corrected chi connectivity index (χ2v) is 6.14. The van der Waals surface area contributed by atoms with E-state index in [1.807, 2.05) is 30.3 Å². The van der Waals surface area contributed by atoms with E-state index in [2.05, 4.69) is 26.2 Å². The van der Waals surface area contributed by atoms with E-state index < -0.39 is 0 Å². The van der Waals surface area contributed by atoms with Gasteiger partial charge < -0.3 is 10.3 Å². The summed E-state index contributed by atoms with van der Waals surface area (Å²) in [4.78, 5) is 26.4. The maximum absolute atomic E-state index is 12.1. The number of aromatic amines is 1. The van der Waals surface area contributed by atoms with Crippen LogP contribution in [0.15, 0.2) is 33.5 Å². The molecule has 23 heavy (non-hydrogen) atoms. The van der Waals surface area contributed by atoms with Gasteiger partial charge in [0.15, 0.2) is 0 Å². The van der Waals surface area contributed by atoms with Gasteiger partial charge in [-0.15, -0.1) is 0 Å². The van der Waals surface area contributed by atoms with Crippen LogP contribution < -0.4 is 10.9 Å². The number of anilines is 1. The van der Waals surface area contributed by atoms with Crippen LogP contribution in [0.1, 0.15) is 28.8 Å². The first-order valence-electron chi connectivity index (χ1n) is 7.10. The number of aryl methyl sites for hydroxylation is 1. The molecule has 0 aliphatic rings. The van der Waals surface area contributed by atoms with Gasteiger partial charge in [-0.25, -0.2) is 0 Å². The van der Waals surface area contributed by atoms with Gasteiger partial charge in [0, 0.05) is 22.3 Å². The van der Waals surface area contributed by atoms with E-state index in [-0.39, 0.29) is 23.5 Å². The molecule has 0 spiro atoms. The molecule has 0 aliphatic carbocycles. The molecule has 0 fully saturated rings. The molecule has 0 aliphatic heterocycles. The zero-order chi connectivity index (χ0) is 17.0. The molecule has 0 radical (unpaired) electrons. The van der Waals surface area contributed by atoms with Gasteiger partial charge in [-0.3, -0.25) is 9.59 Å². The number of rotatable bonds is 4. The topological polar surface area (TPSA) is 85.8 Å². The van der Waals surface area contributed by atoms with Gasteiger partial charge >= 0.3 is 0 Å². The molecule has 2 N–H and O–H groups in total. The van der Waals surface area contributed by atoms with Crippen molar-refractivity contribution in [1.82, 2.24) is 4.98 Å². The highest BCUT2D eigenvalue weighted by Crippen LogP contribution is 2.17. The summed E-state index contributed by atoms with van der Waals surface area (Å²) < 4.78 is 0.890. The highest BCUT2D eigenvalue weighted by Gasteiger charge is 2.13.